The summed E-state index contributed by atoms with van der Waals surface area (Å²) in [6.45, 7) is 0. The summed E-state index contributed by atoms with van der Waals surface area (Å²) in [7, 11) is -1.47. The smallest absolute Gasteiger partial charge is 0.423 e. The van der Waals surface area contributed by atoms with Crippen LogP contribution >= 0.6 is 0 Å². The fraction of sp³-hybridized carbons (Fsp3) is 0.0526. The summed E-state index contributed by atoms with van der Waals surface area (Å²) in [6, 6.07) is 15.3. The lowest BCUT2D eigenvalue weighted by Gasteiger charge is -2.20. The fourth-order valence-corrected chi connectivity index (χ4v) is 3.63. The van der Waals surface area contributed by atoms with Crippen LogP contribution in [0.4, 0.5) is 5.69 Å². The molecule has 4 aromatic rings. The van der Waals surface area contributed by atoms with Crippen LogP contribution in [0.5, 0.6) is 0 Å². The number of hydrogen-bond donors (Lipinski definition) is 4. The van der Waals surface area contributed by atoms with Gasteiger partial charge in [-0.3, -0.25) is 0 Å². The van der Waals surface area contributed by atoms with Crippen LogP contribution in [0, 0.1) is 0 Å². The number of para-hydroxylation sites is 1. The highest BCUT2D eigenvalue weighted by Crippen LogP contribution is 2.42. The van der Waals surface area contributed by atoms with Crippen molar-refractivity contribution in [1.29, 1.82) is 0 Å². The normalized spacial score (nSPS) is 15.2. The first kappa shape index (κ1) is 15.1. The average Bonchev–Trinajstić information content (AvgIpc) is 3.04. The Morgan fingerprint density at radius 3 is 2.58 bits per heavy atom. The van der Waals surface area contributed by atoms with Gasteiger partial charge < -0.3 is 20.3 Å². The van der Waals surface area contributed by atoms with E-state index in [1.807, 2.05) is 30.5 Å². The van der Waals surface area contributed by atoms with Gasteiger partial charge in [0, 0.05) is 34.0 Å². The van der Waals surface area contributed by atoms with Crippen LogP contribution < -0.4 is 10.8 Å². The largest absolute Gasteiger partial charge is 0.488 e. The summed E-state index contributed by atoms with van der Waals surface area (Å²) >= 11 is 0. The lowest BCUT2D eigenvalue weighted by atomic mass is 9.79. The maximum absolute atomic E-state index is 9.34. The maximum Gasteiger partial charge on any atom is 0.488 e. The lowest BCUT2D eigenvalue weighted by molar-refractivity contribution is 0.426. The first-order chi connectivity index (χ1) is 12.7. The lowest BCUT2D eigenvalue weighted by Crippen LogP contribution is -2.29. The molecule has 0 fully saturated rings. The predicted octanol–water partition coefficient (Wildman–Crippen LogP) is 1.82. The van der Waals surface area contributed by atoms with Crippen molar-refractivity contribution in [1.82, 2.24) is 15.2 Å². The number of aromatic amines is 1. The number of nitrogens with one attached hydrogen (secondary N) is 2. The van der Waals surface area contributed by atoms with E-state index in [0.717, 1.165) is 39.0 Å². The molecule has 2 aromatic carbocycles. The highest BCUT2D eigenvalue weighted by atomic mass is 16.4. The molecular weight excluding hydrogens is 327 g/mol. The van der Waals surface area contributed by atoms with E-state index in [0.29, 0.717) is 5.46 Å². The van der Waals surface area contributed by atoms with Crippen LogP contribution in [-0.2, 0) is 0 Å². The van der Waals surface area contributed by atoms with Crippen molar-refractivity contribution in [2.75, 3.05) is 5.32 Å². The number of H-pyrrole nitrogens is 1. The molecule has 2 aromatic heterocycles. The molecule has 0 spiro atoms. The molecule has 0 radical (unpaired) electrons. The van der Waals surface area contributed by atoms with E-state index >= 15 is 0 Å². The zero-order valence-electron chi connectivity index (χ0n) is 13.7. The Bertz CT molecular complexity index is 1110. The third-order valence-electron chi connectivity index (χ3n) is 4.90. The van der Waals surface area contributed by atoms with Crippen molar-refractivity contribution < 1.29 is 10.0 Å². The Hall–Kier alpha value is -3.16. The molecule has 126 valence electrons. The van der Waals surface area contributed by atoms with E-state index in [1.165, 1.54) is 0 Å². The van der Waals surface area contributed by atoms with Gasteiger partial charge in [-0.2, -0.15) is 5.10 Å². The highest BCUT2D eigenvalue weighted by Gasteiger charge is 2.26. The zero-order chi connectivity index (χ0) is 17.7. The van der Waals surface area contributed by atoms with Gasteiger partial charge in [0.15, 0.2) is 5.65 Å². The number of hydrogen-bond acceptors (Lipinski definition) is 5. The average molecular weight is 342 g/mol. The molecule has 1 aliphatic rings. The Morgan fingerprint density at radius 1 is 0.962 bits per heavy atom. The fourth-order valence-electron chi connectivity index (χ4n) is 3.63. The first-order valence-corrected chi connectivity index (χ1v) is 8.37. The molecule has 0 bridgehead atoms. The molecule has 6 nitrogen and oxygen atoms in total. The third kappa shape index (κ3) is 2.22. The Kier molecular flexibility index (Phi) is 3.31. The number of fused-ring (bicyclic) bond motifs is 2. The van der Waals surface area contributed by atoms with Crippen LogP contribution in [0.15, 0.2) is 60.9 Å². The van der Waals surface area contributed by atoms with Crippen molar-refractivity contribution in [3.63, 3.8) is 0 Å². The third-order valence-corrected chi connectivity index (χ3v) is 4.90. The molecule has 7 heteroatoms. The molecule has 0 aliphatic carbocycles. The van der Waals surface area contributed by atoms with Crippen LogP contribution in [0.25, 0.3) is 22.2 Å². The van der Waals surface area contributed by atoms with Crippen molar-refractivity contribution >= 4 is 29.3 Å². The Balaban J connectivity index is 1.74. The standard InChI is InChI=1S/C19H15BN4O2/c25-20(26)12-7-5-11(6-8-12)18-15-9-21-19-17(15)14(10-22-24-19)13-3-1-2-4-16(13)23-18/h1-10,18,23,25-26H,(H,21,24). The minimum Gasteiger partial charge on any atom is -0.423 e. The minimum absolute atomic E-state index is 0.0970. The van der Waals surface area contributed by atoms with E-state index < -0.39 is 7.12 Å². The second-order valence-corrected chi connectivity index (χ2v) is 6.39. The quantitative estimate of drug-likeness (QED) is 0.417. The molecule has 4 N–H and O–H groups in total. The van der Waals surface area contributed by atoms with Crippen molar-refractivity contribution in [2.45, 2.75) is 6.04 Å². The molecule has 5 rings (SSSR count). The minimum atomic E-state index is -1.47. The van der Waals surface area contributed by atoms with Gasteiger partial charge in [0.05, 0.1) is 12.2 Å². The predicted molar refractivity (Wildman–Crippen MR) is 101 cm³/mol. The van der Waals surface area contributed by atoms with Crippen molar-refractivity contribution in [3.8, 4) is 11.1 Å². The summed E-state index contributed by atoms with van der Waals surface area (Å²) in [5.41, 5.74) is 6.47. The number of benzene rings is 2. The van der Waals surface area contributed by atoms with Gasteiger partial charge in [-0.05, 0) is 17.1 Å². The molecule has 0 amide bonds. The number of aromatic nitrogens is 3. The summed E-state index contributed by atoms with van der Waals surface area (Å²) in [5, 5.41) is 31.7. The van der Waals surface area contributed by atoms with Gasteiger partial charge in [-0.1, -0.05) is 42.5 Å². The topological polar surface area (TPSA) is 94.1 Å². The number of nitrogens with zero attached hydrogens (tertiary/aromatic N) is 2. The van der Waals surface area contributed by atoms with E-state index in [-0.39, 0.29) is 6.04 Å². The van der Waals surface area contributed by atoms with Crippen molar-refractivity contribution in [3.05, 3.63) is 72.1 Å². The number of anilines is 1. The van der Waals surface area contributed by atoms with Gasteiger partial charge in [-0.15, -0.1) is 5.10 Å². The molecular formula is C19H15BN4O2. The monoisotopic (exact) mass is 342 g/mol. The van der Waals surface area contributed by atoms with Gasteiger partial charge in [0.25, 0.3) is 0 Å². The zero-order valence-corrected chi connectivity index (χ0v) is 13.7. The summed E-state index contributed by atoms with van der Waals surface area (Å²) < 4.78 is 0. The van der Waals surface area contributed by atoms with Crippen LogP contribution in [0.2, 0.25) is 0 Å². The van der Waals surface area contributed by atoms with Crippen LogP contribution in [0.3, 0.4) is 0 Å². The van der Waals surface area contributed by atoms with Crippen LogP contribution in [-0.4, -0.2) is 32.3 Å². The molecule has 1 unspecified atom stereocenters. The summed E-state index contributed by atoms with van der Waals surface area (Å²) in [5.74, 6) is 0. The van der Waals surface area contributed by atoms with Crippen molar-refractivity contribution in [2.24, 2.45) is 0 Å². The van der Waals surface area contributed by atoms with Gasteiger partial charge in [0.1, 0.15) is 0 Å². The van der Waals surface area contributed by atoms with E-state index in [9.17, 15) is 10.0 Å². The maximum atomic E-state index is 9.34. The molecule has 1 atom stereocenters. The highest BCUT2D eigenvalue weighted by molar-refractivity contribution is 6.58. The second-order valence-electron chi connectivity index (χ2n) is 6.39. The van der Waals surface area contributed by atoms with E-state index in [4.69, 9.17) is 0 Å². The van der Waals surface area contributed by atoms with E-state index in [1.54, 1.807) is 18.3 Å². The van der Waals surface area contributed by atoms with Gasteiger partial charge in [-0.25, -0.2) is 0 Å². The second kappa shape index (κ2) is 5.69. The SMILES string of the molecule is OB(O)c1ccc(C2Nc3ccccc3-c3cnnc4[nH]cc2c34)cc1. The Morgan fingerprint density at radius 2 is 1.77 bits per heavy atom. The van der Waals surface area contributed by atoms with Gasteiger partial charge in [0.2, 0.25) is 0 Å². The van der Waals surface area contributed by atoms with Gasteiger partial charge >= 0.3 is 7.12 Å². The summed E-state index contributed by atoms with van der Waals surface area (Å²) in [4.78, 5) is 3.21. The van der Waals surface area contributed by atoms with E-state index in [2.05, 4.69) is 32.6 Å². The summed E-state index contributed by atoms with van der Waals surface area (Å²) in [6.07, 6.45) is 3.76. The molecule has 1 aliphatic heterocycles. The molecule has 3 heterocycles. The number of rotatable bonds is 2. The molecule has 0 saturated heterocycles. The molecule has 26 heavy (non-hydrogen) atoms. The Labute approximate surface area is 149 Å². The van der Waals surface area contributed by atoms with Crippen LogP contribution in [0.1, 0.15) is 17.2 Å². The molecule has 0 saturated carbocycles. The first-order valence-electron chi connectivity index (χ1n) is 8.37.